The van der Waals surface area contributed by atoms with E-state index in [1.54, 1.807) is 16.8 Å². The van der Waals surface area contributed by atoms with Gasteiger partial charge in [-0.25, -0.2) is 17.9 Å². The quantitative estimate of drug-likeness (QED) is 0.648. The molecule has 9 heteroatoms. The van der Waals surface area contributed by atoms with Crippen LogP contribution in [0.15, 0.2) is 47.4 Å². The average Bonchev–Trinajstić information content (AvgIpc) is 3.14. The van der Waals surface area contributed by atoms with Crippen molar-refractivity contribution < 1.29 is 23.1 Å². The summed E-state index contributed by atoms with van der Waals surface area (Å²) >= 11 is 0. The van der Waals surface area contributed by atoms with E-state index in [4.69, 9.17) is 4.74 Å². The Morgan fingerprint density at radius 1 is 1.12 bits per heavy atom. The molecule has 1 N–H and O–H groups in total. The number of fused-ring (bicyclic) bond motifs is 3. The van der Waals surface area contributed by atoms with Gasteiger partial charge in [-0.15, -0.1) is 0 Å². The second-order valence-corrected chi connectivity index (χ2v) is 10.1. The first-order chi connectivity index (χ1) is 15.3. The van der Waals surface area contributed by atoms with Crippen LogP contribution in [0.1, 0.15) is 27.2 Å². The van der Waals surface area contributed by atoms with Crippen LogP contribution in [0.25, 0.3) is 16.9 Å². The van der Waals surface area contributed by atoms with Crippen molar-refractivity contribution in [2.45, 2.75) is 24.1 Å². The van der Waals surface area contributed by atoms with Crippen LogP contribution in [-0.4, -0.2) is 60.5 Å². The normalized spacial score (nSPS) is 17.5. The molecule has 0 saturated carbocycles. The summed E-state index contributed by atoms with van der Waals surface area (Å²) in [6, 6.07) is 12.9. The maximum Gasteiger partial charge on any atom is 0.356 e. The standard InChI is InChI=1S/C23H23N3O5S/c1-15-3-2-4-19-20(15)22-18(14-32(19,29)30)21(23(27)28)24-26(22)17-7-5-16(6-8-17)13-25-9-11-31-12-10-25/h2-8H,9-14H2,1H3,(H,27,28). The summed E-state index contributed by atoms with van der Waals surface area (Å²) in [6.07, 6.45) is 0. The summed E-state index contributed by atoms with van der Waals surface area (Å²) < 4.78 is 32.8. The summed E-state index contributed by atoms with van der Waals surface area (Å²) in [7, 11) is -3.66. The third kappa shape index (κ3) is 3.52. The average molecular weight is 454 g/mol. The molecule has 2 aliphatic heterocycles. The van der Waals surface area contributed by atoms with Crippen LogP contribution in [-0.2, 0) is 26.9 Å². The summed E-state index contributed by atoms with van der Waals surface area (Å²) in [6.45, 7) is 5.88. The molecule has 3 aromatic rings. The first-order valence-corrected chi connectivity index (χ1v) is 12.1. The Kier molecular flexibility index (Phi) is 5.11. The summed E-state index contributed by atoms with van der Waals surface area (Å²) in [4.78, 5) is 14.5. The third-order valence-electron chi connectivity index (χ3n) is 6.02. The number of carboxylic acids is 1. The molecule has 32 heavy (non-hydrogen) atoms. The zero-order chi connectivity index (χ0) is 22.5. The molecule has 3 heterocycles. The van der Waals surface area contributed by atoms with E-state index in [0.717, 1.165) is 44.0 Å². The van der Waals surface area contributed by atoms with Crippen molar-refractivity contribution in [2.24, 2.45) is 0 Å². The fourth-order valence-corrected chi connectivity index (χ4v) is 6.10. The van der Waals surface area contributed by atoms with Crippen LogP contribution in [0.2, 0.25) is 0 Å². The van der Waals surface area contributed by atoms with Gasteiger partial charge in [-0.3, -0.25) is 4.90 Å². The van der Waals surface area contributed by atoms with Crippen LogP contribution >= 0.6 is 0 Å². The number of carboxylic acid groups (broad SMARTS) is 1. The van der Waals surface area contributed by atoms with Gasteiger partial charge in [0.25, 0.3) is 0 Å². The number of aryl methyl sites for hydroxylation is 1. The smallest absolute Gasteiger partial charge is 0.356 e. The van der Waals surface area contributed by atoms with E-state index in [9.17, 15) is 18.3 Å². The van der Waals surface area contributed by atoms with Gasteiger partial charge >= 0.3 is 5.97 Å². The lowest BCUT2D eigenvalue weighted by Crippen LogP contribution is -2.35. The zero-order valence-corrected chi connectivity index (χ0v) is 18.4. The monoisotopic (exact) mass is 453 g/mol. The van der Waals surface area contributed by atoms with Crippen molar-refractivity contribution in [3.05, 3.63) is 64.8 Å². The highest BCUT2D eigenvalue weighted by molar-refractivity contribution is 7.90. The number of carbonyl (C=O) groups is 1. The predicted octanol–water partition coefficient (Wildman–Crippen LogP) is 2.67. The van der Waals surface area contributed by atoms with Gasteiger partial charge in [-0.05, 0) is 36.2 Å². The van der Waals surface area contributed by atoms with Gasteiger partial charge in [-0.2, -0.15) is 5.10 Å². The van der Waals surface area contributed by atoms with Gasteiger partial charge < -0.3 is 9.84 Å². The van der Waals surface area contributed by atoms with Gasteiger partial charge in [-0.1, -0.05) is 24.3 Å². The molecule has 1 aromatic heterocycles. The Balaban J connectivity index is 1.61. The molecule has 0 spiro atoms. The first kappa shape index (κ1) is 20.9. The van der Waals surface area contributed by atoms with Crippen molar-refractivity contribution >= 4 is 15.8 Å². The van der Waals surface area contributed by atoms with E-state index in [0.29, 0.717) is 16.9 Å². The number of rotatable bonds is 4. The van der Waals surface area contributed by atoms with Crippen LogP contribution < -0.4 is 0 Å². The number of hydrogen-bond acceptors (Lipinski definition) is 6. The van der Waals surface area contributed by atoms with Gasteiger partial charge in [0.1, 0.15) is 0 Å². The second-order valence-electron chi connectivity index (χ2n) is 8.15. The number of aromatic nitrogens is 2. The molecule has 0 atom stereocenters. The molecule has 0 bridgehead atoms. The molecule has 1 saturated heterocycles. The van der Waals surface area contributed by atoms with E-state index in [1.165, 1.54) is 0 Å². The number of hydrogen-bond donors (Lipinski definition) is 1. The number of benzene rings is 2. The maximum atomic E-state index is 12.9. The fourth-order valence-electron chi connectivity index (χ4n) is 4.43. The van der Waals surface area contributed by atoms with Gasteiger partial charge in [0.15, 0.2) is 15.5 Å². The number of morpholine rings is 1. The summed E-state index contributed by atoms with van der Waals surface area (Å²) in [5, 5.41) is 14.1. The Morgan fingerprint density at radius 2 is 1.84 bits per heavy atom. The summed E-state index contributed by atoms with van der Waals surface area (Å²) in [5.41, 5.74) is 3.64. The molecule has 5 rings (SSSR count). The Labute approximate surface area is 186 Å². The maximum absolute atomic E-state index is 12.9. The second kappa shape index (κ2) is 7.84. The number of sulfone groups is 1. The lowest BCUT2D eigenvalue weighted by Gasteiger charge is -2.26. The van der Waals surface area contributed by atoms with E-state index >= 15 is 0 Å². The minimum atomic E-state index is -3.66. The van der Waals surface area contributed by atoms with Crippen molar-refractivity contribution in [3.63, 3.8) is 0 Å². The SMILES string of the molecule is Cc1cccc2c1-c1c(c(C(=O)O)nn1-c1ccc(CN3CCOCC3)cc1)CS2(=O)=O. The van der Waals surface area contributed by atoms with Gasteiger partial charge in [0, 0.05) is 30.8 Å². The Hall–Kier alpha value is -3.01. The molecule has 0 radical (unpaired) electrons. The first-order valence-electron chi connectivity index (χ1n) is 10.4. The Bertz CT molecular complexity index is 1310. The van der Waals surface area contributed by atoms with Crippen LogP contribution in [0.4, 0.5) is 0 Å². The van der Waals surface area contributed by atoms with Crippen LogP contribution in [0, 0.1) is 6.92 Å². The van der Waals surface area contributed by atoms with E-state index < -0.39 is 15.8 Å². The lowest BCUT2D eigenvalue weighted by molar-refractivity contribution is 0.0342. The fraction of sp³-hybridized carbons (Fsp3) is 0.304. The van der Waals surface area contributed by atoms with E-state index in [-0.39, 0.29) is 21.9 Å². The minimum absolute atomic E-state index is 0.215. The molecular formula is C23H23N3O5S. The molecular weight excluding hydrogens is 430 g/mol. The predicted molar refractivity (Wildman–Crippen MR) is 118 cm³/mol. The van der Waals surface area contributed by atoms with Crippen LogP contribution in [0.3, 0.4) is 0 Å². The molecule has 1 fully saturated rings. The summed E-state index contributed by atoms with van der Waals surface area (Å²) in [5.74, 6) is -1.62. The number of ether oxygens (including phenoxy) is 1. The van der Waals surface area contributed by atoms with Crippen molar-refractivity contribution in [1.29, 1.82) is 0 Å². The molecule has 2 aliphatic rings. The third-order valence-corrected chi connectivity index (χ3v) is 7.70. The zero-order valence-electron chi connectivity index (χ0n) is 17.6. The largest absolute Gasteiger partial charge is 0.476 e. The molecule has 8 nitrogen and oxygen atoms in total. The Morgan fingerprint density at radius 3 is 2.53 bits per heavy atom. The van der Waals surface area contributed by atoms with Crippen LogP contribution in [0.5, 0.6) is 0 Å². The van der Waals surface area contributed by atoms with Crippen molar-refractivity contribution in [1.82, 2.24) is 14.7 Å². The van der Waals surface area contributed by atoms with E-state index in [2.05, 4.69) is 10.00 Å². The molecule has 166 valence electrons. The molecule has 0 unspecified atom stereocenters. The number of nitrogens with zero attached hydrogens (tertiary/aromatic N) is 3. The highest BCUT2D eigenvalue weighted by Gasteiger charge is 2.36. The minimum Gasteiger partial charge on any atom is -0.476 e. The molecule has 2 aromatic carbocycles. The van der Waals surface area contributed by atoms with Crippen molar-refractivity contribution in [2.75, 3.05) is 26.3 Å². The van der Waals surface area contributed by atoms with Gasteiger partial charge in [0.2, 0.25) is 0 Å². The highest BCUT2D eigenvalue weighted by Crippen LogP contribution is 2.42. The van der Waals surface area contributed by atoms with E-state index in [1.807, 2.05) is 37.3 Å². The van der Waals surface area contributed by atoms with Gasteiger partial charge in [0.05, 0.1) is 35.2 Å². The molecule has 0 aliphatic carbocycles. The van der Waals surface area contributed by atoms with Crippen molar-refractivity contribution in [3.8, 4) is 16.9 Å². The highest BCUT2D eigenvalue weighted by atomic mass is 32.2. The number of aromatic carboxylic acids is 1. The molecule has 0 amide bonds. The topological polar surface area (TPSA) is 102 Å². The lowest BCUT2D eigenvalue weighted by atomic mass is 10.0.